The van der Waals surface area contributed by atoms with E-state index < -0.39 is 20.9 Å². The van der Waals surface area contributed by atoms with E-state index in [9.17, 15) is 12.8 Å². The summed E-state index contributed by atoms with van der Waals surface area (Å²) in [6, 6.07) is 2.67. The van der Waals surface area contributed by atoms with Gasteiger partial charge in [-0.25, -0.2) is 17.8 Å². The van der Waals surface area contributed by atoms with Crippen molar-refractivity contribution in [3.63, 3.8) is 0 Å². The zero-order valence-electron chi connectivity index (χ0n) is 11.1. The normalized spacial score (nSPS) is 21.2. The Bertz CT molecular complexity index is 550. The van der Waals surface area contributed by atoms with Crippen molar-refractivity contribution >= 4 is 10.0 Å². The fourth-order valence-corrected chi connectivity index (χ4v) is 3.49. The van der Waals surface area contributed by atoms with Crippen LogP contribution in [0.25, 0.3) is 0 Å². The van der Waals surface area contributed by atoms with Crippen LogP contribution in [0.15, 0.2) is 23.4 Å². The highest BCUT2D eigenvalue weighted by Crippen LogP contribution is 2.20. The van der Waals surface area contributed by atoms with Gasteiger partial charge in [-0.05, 0) is 38.6 Å². The molecular weight excluding hydrogens is 269 g/mol. The van der Waals surface area contributed by atoms with Gasteiger partial charge in [0.25, 0.3) is 10.0 Å². The van der Waals surface area contributed by atoms with Gasteiger partial charge in [-0.2, -0.15) is 4.31 Å². The zero-order valence-corrected chi connectivity index (χ0v) is 11.9. The van der Waals surface area contributed by atoms with E-state index in [1.54, 1.807) is 0 Å². The molecule has 7 heteroatoms. The molecule has 1 atom stereocenters. The molecule has 1 unspecified atom stereocenters. The van der Waals surface area contributed by atoms with E-state index in [-0.39, 0.29) is 6.04 Å². The molecule has 106 valence electrons. The van der Waals surface area contributed by atoms with Crippen LogP contribution in [0.5, 0.6) is 0 Å². The second-order valence-corrected chi connectivity index (χ2v) is 6.81. The highest BCUT2D eigenvalue weighted by molar-refractivity contribution is 7.89. The molecule has 0 N–H and O–H groups in total. The largest absolute Gasteiger partial charge is 0.302 e. The first-order valence-corrected chi connectivity index (χ1v) is 7.64. The first-order valence-electron chi connectivity index (χ1n) is 6.20. The fourth-order valence-electron chi connectivity index (χ4n) is 2.31. The maximum absolute atomic E-state index is 13.6. The Labute approximate surface area is 113 Å². The van der Waals surface area contributed by atoms with Gasteiger partial charge in [0.1, 0.15) is 0 Å². The Hall–Kier alpha value is -1.05. The number of rotatable bonds is 4. The first kappa shape index (κ1) is 14.4. The standard InChI is InChI=1S/C12H18FN3O2S/c1-15-8-4-5-10(15)9-16(2)19(17,18)12-11(13)6-3-7-14-12/h3,6-7,10H,4-5,8-9H2,1-2H3. The lowest BCUT2D eigenvalue weighted by molar-refractivity contribution is 0.270. The minimum absolute atomic E-state index is 0.187. The van der Waals surface area contributed by atoms with Crippen molar-refractivity contribution in [3.05, 3.63) is 24.1 Å². The fraction of sp³-hybridized carbons (Fsp3) is 0.583. The third-order valence-corrected chi connectivity index (χ3v) is 5.28. The summed E-state index contributed by atoms with van der Waals surface area (Å²) >= 11 is 0. The third kappa shape index (κ3) is 2.93. The Balaban J connectivity index is 2.18. The number of pyridine rings is 1. The van der Waals surface area contributed by atoms with Gasteiger partial charge >= 0.3 is 0 Å². The summed E-state index contributed by atoms with van der Waals surface area (Å²) in [4.78, 5) is 5.77. The molecule has 1 aromatic heterocycles. The van der Waals surface area contributed by atoms with Crippen LogP contribution in [0.4, 0.5) is 4.39 Å². The number of nitrogens with zero attached hydrogens (tertiary/aromatic N) is 3. The Morgan fingerprint density at radius 2 is 2.32 bits per heavy atom. The third-order valence-electron chi connectivity index (χ3n) is 3.52. The molecule has 1 fully saturated rings. The number of halogens is 1. The molecule has 0 spiro atoms. The second kappa shape index (κ2) is 5.52. The van der Waals surface area contributed by atoms with E-state index in [1.807, 2.05) is 7.05 Å². The number of hydrogen-bond donors (Lipinski definition) is 0. The molecule has 1 aromatic rings. The van der Waals surface area contributed by atoms with Gasteiger partial charge in [-0.1, -0.05) is 0 Å². The number of likely N-dealkylation sites (tertiary alicyclic amines) is 1. The van der Waals surface area contributed by atoms with Crippen LogP contribution in [0.2, 0.25) is 0 Å². The number of likely N-dealkylation sites (N-methyl/N-ethyl adjacent to an activating group) is 2. The topological polar surface area (TPSA) is 53.5 Å². The Kier molecular flexibility index (Phi) is 4.17. The van der Waals surface area contributed by atoms with Crippen molar-refractivity contribution in [1.82, 2.24) is 14.2 Å². The van der Waals surface area contributed by atoms with Crippen LogP contribution in [-0.2, 0) is 10.0 Å². The van der Waals surface area contributed by atoms with Crippen molar-refractivity contribution in [2.45, 2.75) is 23.9 Å². The Morgan fingerprint density at radius 3 is 2.89 bits per heavy atom. The van der Waals surface area contributed by atoms with E-state index in [1.165, 1.54) is 23.6 Å². The van der Waals surface area contributed by atoms with Crippen LogP contribution in [-0.4, -0.2) is 55.8 Å². The monoisotopic (exact) mass is 287 g/mol. The van der Waals surface area contributed by atoms with E-state index >= 15 is 0 Å². The van der Waals surface area contributed by atoms with Gasteiger partial charge in [0.2, 0.25) is 5.03 Å². The van der Waals surface area contributed by atoms with Gasteiger partial charge in [-0.15, -0.1) is 0 Å². The van der Waals surface area contributed by atoms with Crippen molar-refractivity contribution in [2.24, 2.45) is 0 Å². The minimum atomic E-state index is -3.86. The van der Waals surface area contributed by atoms with Crippen molar-refractivity contribution < 1.29 is 12.8 Å². The minimum Gasteiger partial charge on any atom is -0.302 e. The van der Waals surface area contributed by atoms with Crippen molar-refractivity contribution in [1.29, 1.82) is 0 Å². The SMILES string of the molecule is CN1CCCC1CN(C)S(=O)(=O)c1ncccc1F. The lowest BCUT2D eigenvalue weighted by Gasteiger charge is -2.25. The van der Waals surface area contributed by atoms with Crippen LogP contribution in [0.3, 0.4) is 0 Å². The summed E-state index contributed by atoms with van der Waals surface area (Å²) in [7, 11) is -0.420. The lowest BCUT2D eigenvalue weighted by Crippen LogP contribution is -2.40. The van der Waals surface area contributed by atoms with E-state index in [4.69, 9.17) is 0 Å². The predicted molar refractivity (Wildman–Crippen MR) is 69.7 cm³/mol. The van der Waals surface area contributed by atoms with Crippen LogP contribution in [0, 0.1) is 5.82 Å². The molecule has 0 bridgehead atoms. The molecule has 1 aliphatic rings. The van der Waals surface area contributed by atoms with Crippen LogP contribution < -0.4 is 0 Å². The van der Waals surface area contributed by atoms with Crippen molar-refractivity contribution in [3.8, 4) is 0 Å². The Morgan fingerprint density at radius 1 is 1.58 bits per heavy atom. The quantitative estimate of drug-likeness (QED) is 0.827. The number of aromatic nitrogens is 1. The van der Waals surface area contributed by atoms with Gasteiger partial charge < -0.3 is 4.90 Å². The molecule has 0 saturated carbocycles. The first-order chi connectivity index (χ1) is 8.93. The highest BCUT2D eigenvalue weighted by Gasteiger charge is 2.30. The van der Waals surface area contributed by atoms with Gasteiger partial charge in [0, 0.05) is 25.8 Å². The van der Waals surface area contributed by atoms with Crippen molar-refractivity contribution in [2.75, 3.05) is 27.2 Å². The maximum Gasteiger partial charge on any atom is 0.263 e. The molecule has 0 aromatic carbocycles. The zero-order chi connectivity index (χ0) is 14.0. The van der Waals surface area contributed by atoms with Crippen LogP contribution >= 0.6 is 0 Å². The average Bonchev–Trinajstić information content (AvgIpc) is 2.75. The molecule has 1 aliphatic heterocycles. The number of hydrogen-bond acceptors (Lipinski definition) is 4. The van der Waals surface area contributed by atoms with Crippen LogP contribution in [0.1, 0.15) is 12.8 Å². The summed E-state index contributed by atoms with van der Waals surface area (Å²) in [6.45, 7) is 1.32. The smallest absolute Gasteiger partial charge is 0.263 e. The number of sulfonamides is 1. The van der Waals surface area contributed by atoms with E-state index in [0.717, 1.165) is 25.5 Å². The summed E-state index contributed by atoms with van der Waals surface area (Å²) in [5, 5.41) is -0.502. The predicted octanol–water partition coefficient (Wildman–Crippen LogP) is 0.935. The summed E-state index contributed by atoms with van der Waals surface area (Å²) in [6.07, 6.45) is 3.31. The highest BCUT2D eigenvalue weighted by atomic mass is 32.2. The summed E-state index contributed by atoms with van der Waals surface area (Å²) in [5.74, 6) is -0.811. The lowest BCUT2D eigenvalue weighted by atomic mass is 10.2. The summed E-state index contributed by atoms with van der Waals surface area (Å²) < 4.78 is 39.2. The second-order valence-electron chi connectivity index (χ2n) is 4.85. The molecule has 5 nitrogen and oxygen atoms in total. The van der Waals surface area contributed by atoms with Gasteiger partial charge in [0.15, 0.2) is 5.82 Å². The molecule has 0 aliphatic carbocycles. The average molecular weight is 287 g/mol. The van der Waals surface area contributed by atoms with E-state index in [0.29, 0.717) is 6.54 Å². The molecule has 2 heterocycles. The van der Waals surface area contributed by atoms with Gasteiger partial charge in [-0.3, -0.25) is 0 Å². The van der Waals surface area contributed by atoms with E-state index in [2.05, 4.69) is 9.88 Å². The molecular formula is C12H18FN3O2S. The molecule has 19 heavy (non-hydrogen) atoms. The molecule has 0 radical (unpaired) electrons. The summed E-state index contributed by atoms with van der Waals surface area (Å²) in [5.41, 5.74) is 0. The molecule has 2 rings (SSSR count). The van der Waals surface area contributed by atoms with Gasteiger partial charge in [0.05, 0.1) is 0 Å². The molecule has 0 amide bonds. The maximum atomic E-state index is 13.6. The molecule has 1 saturated heterocycles.